The Morgan fingerprint density at radius 2 is 2.18 bits per heavy atom. The van der Waals surface area contributed by atoms with E-state index in [4.69, 9.17) is 0 Å². The molecule has 1 aromatic heterocycles. The number of rotatable bonds is 5. The number of carbonyl (C=O) groups is 1. The molecule has 0 spiro atoms. The van der Waals surface area contributed by atoms with Crippen LogP contribution in [0.25, 0.3) is 0 Å². The molecule has 1 aliphatic rings. The second-order valence-corrected chi connectivity index (χ2v) is 7.67. The Morgan fingerprint density at radius 3 is 2.82 bits per heavy atom. The molecule has 122 valence electrons. The van der Waals surface area contributed by atoms with Crippen LogP contribution in [-0.2, 0) is 21.2 Å². The van der Waals surface area contributed by atoms with Crippen LogP contribution >= 0.6 is 0 Å². The van der Waals surface area contributed by atoms with Gasteiger partial charge in [-0.2, -0.15) is 0 Å². The van der Waals surface area contributed by atoms with E-state index in [1.54, 1.807) is 6.20 Å². The molecule has 2 rings (SSSR count). The average Bonchev–Trinajstić information content (AvgIpc) is 2.47. The number of nitrogens with one attached hydrogen (secondary N) is 1. The Balaban J connectivity index is 2.00. The van der Waals surface area contributed by atoms with Gasteiger partial charge in [-0.15, -0.1) is 0 Å². The number of piperidine rings is 1. The second-order valence-electron chi connectivity index (χ2n) is 5.84. The second kappa shape index (κ2) is 7.19. The van der Waals surface area contributed by atoms with E-state index in [0.717, 1.165) is 36.8 Å². The van der Waals surface area contributed by atoms with E-state index in [1.807, 2.05) is 24.0 Å². The maximum Gasteiger partial charge on any atom is 0.227 e. The van der Waals surface area contributed by atoms with Gasteiger partial charge in [0, 0.05) is 31.0 Å². The highest BCUT2D eigenvalue weighted by Crippen LogP contribution is 2.18. The van der Waals surface area contributed by atoms with Gasteiger partial charge in [0.15, 0.2) is 0 Å². The lowest BCUT2D eigenvalue weighted by Gasteiger charge is -2.36. The Labute approximate surface area is 132 Å². The summed E-state index contributed by atoms with van der Waals surface area (Å²) in [6.07, 6.45) is 5.99. The molecular formula is C15H23N3O3S. The number of aryl methyl sites for hydroxylation is 1. The van der Waals surface area contributed by atoms with Crippen molar-refractivity contribution in [1.82, 2.24) is 14.6 Å². The summed E-state index contributed by atoms with van der Waals surface area (Å²) in [6.45, 7) is 2.88. The van der Waals surface area contributed by atoms with Crippen molar-refractivity contribution in [2.75, 3.05) is 19.3 Å². The Kier molecular flexibility index (Phi) is 5.52. The molecule has 1 fully saturated rings. The van der Waals surface area contributed by atoms with E-state index in [1.165, 1.54) is 0 Å². The van der Waals surface area contributed by atoms with Crippen LogP contribution in [-0.4, -0.2) is 49.6 Å². The van der Waals surface area contributed by atoms with Gasteiger partial charge in [-0.25, -0.2) is 13.1 Å². The third-order valence-electron chi connectivity index (χ3n) is 3.86. The van der Waals surface area contributed by atoms with Gasteiger partial charge < -0.3 is 4.90 Å². The molecule has 0 saturated carbocycles. The number of nitrogens with zero attached hydrogens (tertiary/aromatic N) is 2. The number of hydrogen-bond donors (Lipinski definition) is 1. The average molecular weight is 325 g/mol. The van der Waals surface area contributed by atoms with Gasteiger partial charge in [0.05, 0.1) is 12.7 Å². The van der Waals surface area contributed by atoms with Gasteiger partial charge in [-0.1, -0.05) is 6.07 Å². The summed E-state index contributed by atoms with van der Waals surface area (Å²) < 4.78 is 25.0. The molecule has 1 aromatic rings. The zero-order valence-corrected chi connectivity index (χ0v) is 13.9. The molecule has 0 bridgehead atoms. The fourth-order valence-electron chi connectivity index (χ4n) is 2.67. The molecule has 0 aromatic carbocycles. The predicted octanol–water partition coefficient (Wildman–Crippen LogP) is 0.863. The zero-order chi connectivity index (χ0) is 16.2. The Morgan fingerprint density at radius 1 is 1.41 bits per heavy atom. The molecule has 2 heterocycles. The fourth-order valence-corrected chi connectivity index (χ4v) is 3.16. The molecule has 0 radical (unpaired) electrons. The van der Waals surface area contributed by atoms with E-state index < -0.39 is 10.0 Å². The number of hydrogen-bond acceptors (Lipinski definition) is 4. The molecule has 1 N–H and O–H groups in total. The molecule has 1 atom stereocenters. The molecule has 1 unspecified atom stereocenters. The van der Waals surface area contributed by atoms with Crippen LogP contribution < -0.4 is 4.72 Å². The summed E-state index contributed by atoms with van der Waals surface area (Å²) >= 11 is 0. The van der Waals surface area contributed by atoms with Gasteiger partial charge in [0.1, 0.15) is 0 Å². The van der Waals surface area contributed by atoms with Crippen molar-refractivity contribution in [3.63, 3.8) is 0 Å². The van der Waals surface area contributed by atoms with Crippen molar-refractivity contribution < 1.29 is 13.2 Å². The summed E-state index contributed by atoms with van der Waals surface area (Å²) in [5.74, 6) is 0.0330. The standard InChI is InChI=1S/C15H23N3O3S/c1-12-6-7-13(10-16-12)9-15(19)18-8-4-3-5-14(18)11-17-22(2,20)21/h6-7,10,14,17H,3-5,8-9,11H2,1-2H3. The lowest BCUT2D eigenvalue weighted by Crippen LogP contribution is -2.49. The highest BCUT2D eigenvalue weighted by molar-refractivity contribution is 7.88. The third kappa shape index (κ3) is 5.06. The highest BCUT2D eigenvalue weighted by Gasteiger charge is 2.27. The maximum absolute atomic E-state index is 12.5. The first kappa shape index (κ1) is 16.9. The first-order valence-corrected chi connectivity index (χ1v) is 9.40. The monoisotopic (exact) mass is 325 g/mol. The summed E-state index contributed by atoms with van der Waals surface area (Å²) in [7, 11) is -3.23. The first-order chi connectivity index (χ1) is 10.3. The number of aromatic nitrogens is 1. The van der Waals surface area contributed by atoms with Crippen molar-refractivity contribution in [2.45, 2.75) is 38.6 Å². The lowest BCUT2D eigenvalue weighted by atomic mass is 10.0. The van der Waals surface area contributed by atoms with Crippen LogP contribution in [0.4, 0.5) is 0 Å². The minimum Gasteiger partial charge on any atom is -0.338 e. The van der Waals surface area contributed by atoms with Crippen molar-refractivity contribution >= 4 is 15.9 Å². The molecule has 22 heavy (non-hydrogen) atoms. The first-order valence-electron chi connectivity index (χ1n) is 7.51. The van der Waals surface area contributed by atoms with E-state index in [0.29, 0.717) is 13.0 Å². The minimum absolute atomic E-state index is 0.0330. The minimum atomic E-state index is -3.23. The van der Waals surface area contributed by atoms with Gasteiger partial charge in [-0.05, 0) is 37.8 Å². The van der Waals surface area contributed by atoms with E-state index in [2.05, 4.69) is 9.71 Å². The van der Waals surface area contributed by atoms with Crippen molar-refractivity contribution in [3.05, 3.63) is 29.6 Å². The van der Waals surface area contributed by atoms with Gasteiger partial charge >= 0.3 is 0 Å². The zero-order valence-electron chi connectivity index (χ0n) is 13.1. The van der Waals surface area contributed by atoms with Crippen LogP contribution in [0.15, 0.2) is 18.3 Å². The Hall–Kier alpha value is -1.47. The quantitative estimate of drug-likeness (QED) is 0.871. The van der Waals surface area contributed by atoms with Gasteiger partial charge in [0.2, 0.25) is 15.9 Å². The normalized spacial score (nSPS) is 19.2. The summed E-state index contributed by atoms with van der Waals surface area (Å²) in [5.41, 5.74) is 1.81. The molecule has 1 aliphatic heterocycles. The summed E-state index contributed by atoms with van der Waals surface area (Å²) in [6, 6.07) is 3.74. The van der Waals surface area contributed by atoms with Crippen molar-refractivity contribution in [2.24, 2.45) is 0 Å². The largest absolute Gasteiger partial charge is 0.338 e. The van der Waals surface area contributed by atoms with Crippen LogP contribution in [0.5, 0.6) is 0 Å². The topological polar surface area (TPSA) is 79.4 Å². The van der Waals surface area contributed by atoms with E-state index >= 15 is 0 Å². The number of likely N-dealkylation sites (tertiary alicyclic amines) is 1. The van der Waals surface area contributed by atoms with Crippen molar-refractivity contribution in [3.8, 4) is 0 Å². The van der Waals surface area contributed by atoms with Crippen molar-refractivity contribution in [1.29, 1.82) is 0 Å². The molecule has 1 saturated heterocycles. The van der Waals surface area contributed by atoms with Crippen LogP contribution in [0.3, 0.4) is 0 Å². The van der Waals surface area contributed by atoms with Crippen LogP contribution in [0, 0.1) is 6.92 Å². The van der Waals surface area contributed by atoms with Crippen LogP contribution in [0.2, 0.25) is 0 Å². The molecule has 6 nitrogen and oxygen atoms in total. The van der Waals surface area contributed by atoms with E-state index in [9.17, 15) is 13.2 Å². The fraction of sp³-hybridized carbons (Fsp3) is 0.600. The van der Waals surface area contributed by atoms with Gasteiger partial charge in [0.25, 0.3) is 0 Å². The Bertz CT molecular complexity index is 613. The molecule has 1 amide bonds. The SMILES string of the molecule is Cc1ccc(CC(=O)N2CCCCC2CNS(C)(=O)=O)cn1. The summed E-state index contributed by atoms with van der Waals surface area (Å²) in [4.78, 5) is 18.5. The number of amides is 1. The highest BCUT2D eigenvalue weighted by atomic mass is 32.2. The maximum atomic E-state index is 12.5. The predicted molar refractivity (Wildman–Crippen MR) is 84.9 cm³/mol. The van der Waals surface area contributed by atoms with Crippen LogP contribution in [0.1, 0.15) is 30.5 Å². The van der Waals surface area contributed by atoms with E-state index in [-0.39, 0.29) is 18.5 Å². The number of pyridine rings is 1. The molecule has 0 aliphatic carbocycles. The smallest absolute Gasteiger partial charge is 0.227 e. The molecular weight excluding hydrogens is 302 g/mol. The lowest BCUT2D eigenvalue weighted by molar-refractivity contribution is -0.133. The van der Waals surface area contributed by atoms with Gasteiger partial charge in [-0.3, -0.25) is 9.78 Å². The third-order valence-corrected chi connectivity index (χ3v) is 4.55. The number of carbonyl (C=O) groups excluding carboxylic acids is 1. The summed E-state index contributed by atoms with van der Waals surface area (Å²) in [5, 5.41) is 0. The number of sulfonamides is 1. The molecule has 7 heteroatoms.